The van der Waals surface area contributed by atoms with E-state index in [2.05, 4.69) is 53.6 Å². The summed E-state index contributed by atoms with van der Waals surface area (Å²) in [6.07, 6.45) is 2.62. The van der Waals surface area contributed by atoms with Crippen LogP contribution in [0, 0.1) is 6.92 Å². The SMILES string of the molecule is CN=C(NCC(C)Oc1cccc(C)c1)NCC1CCCN1C. The van der Waals surface area contributed by atoms with E-state index in [0.29, 0.717) is 12.6 Å². The zero-order chi connectivity index (χ0) is 16.7. The number of aryl methyl sites for hydroxylation is 1. The van der Waals surface area contributed by atoms with Gasteiger partial charge >= 0.3 is 0 Å². The molecule has 0 saturated carbocycles. The number of guanidine groups is 1. The molecule has 1 aliphatic heterocycles. The number of nitrogens with one attached hydrogen (secondary N) is 2. The summed E-state index contributed by atoms with van der Waals surface area (Å²) in [4.78, 5) is 6.69. The third-order valence-corrected chi connectivity index (χ3v) is 4.28. The van der Waals surface area contributed by atoms with Crippen LogP contribution in [0.3, 0.4) is 0 Å². The molecule has 2 unspecified atom stereocenters. The fourth-order valence-corrected chi connectivity index (χ4v) is 2.88. The van der Waals surface area contributed by atoms with Crippen LogP contribution in [0.4, 0.5) is 0 Å². The number of hydrogen-bond donors (Lipinski definition) is 2. The third-order valence-electron chi connectivity index (χ3n) is 4.28. The number of nitrogens with zero attached hydrogens (tertiary/aromatic N) is 2. The molecule has 2 atom stereocenters. The Labute approximate surface area is 140 Å². The molecule has 1 aromatic carbocycles. The molecule has 1 aromatic rings. The monoisotopic (exact) mass is 318 g/mol. The van der Waals surface area contributed by atoms with Crippen molar-refractivity contribution in [1.82, 2.24) is 15.5 Å². The van der Waals surface area contributed by atoms with Crippen LogP contribution in [0.5, 0.6) is 5.75 Å². The Morgan fingerprint density at radius 2 is 2.26 bits per heavy atom. The minimum atomic E-state index is 0.0736. The highest BCUT2D eigenvalue weighted by molar-refractivity contribution is 5.79. The van der Waals surface area contributed by atoms with Gasteiger partial charge in [-0.15, -0.1) is 0 Å². The summed E-state index contributed by atoms with van der Waals surface area (Å²) in [5, 5.41) is 6.75. The van der Waals surface area contributed by atoms with Gasteiger partial charge in [0.1, 0.15) is 11.9 Å². The van der Waals surface area contributed by atoms with Crippen molar-refractivity contribution in [2.45, 2.75) is 38.8 Å². The highest BCUT2D eigenvalue weighted by Gasteiger charge is 2.20. The van der Waals surface area contributed by atoms with E-state index >= 15 is 0 Å². The summed E-state index contributed by atoms with van der Waals surface area (Å²) >= 11 is 0. The molecule has 1 aliphatic rings. The average molecular weight is 318 g/mol. The summed E-state index contributed by atoms with van der Waals surface area (Å²) in [5.74, 6) is 1.75. The first-order valence-corrected chi connectivity index (χ1v) is 8.46. The van der Waals surface area contributed by atoms with Crippen molar-refractivity contribution in [2.24, 2.45) is 4.99 Å². The van der Waals surface area contributed by atoms with Gasteiger partial charge in [-0.2, -0.15) is 0 Å². The maximum atomic E-state index is 5.93. The molecule has 0 spiro atoms. The molecular formula is C18H30N4O. The number of hydrogen-bond acceptors (Lipinski definition) is 3. The van der Waals surface area contributed by atoms with Gasteiger partial charge in [0.25, 0.3) is 0 Å². The van der Waals surface area contributed by atoms with Gasteiger partial charge in [0.2, 0.25) is 0 Å². The van der Waals surface area contributed by atoms with E-state index < -0.39 is 0 Å². The number of likely N-dealkylation sites (tertiary alicyclic amines) is 1. The van der Waals surface area contributed by atoms with Crippen LogP contribution in [0.1, 0.15) is 25.3 Å². The molecule has 2 N–H and O–H groups in total. The van der Waals surface area contributed by atoms with Gasteiger partial charge in [-0.3, -0.25) is 4.99 Å². The van der Waals surface area contributed by atoms with Gasteiger partial charge < -0.3 is 20.3 Å². The van der Waals surface area contributed by atoms with E-state index in [4.69, 9.17) is 4.74 Å². The summed E-state index contributed by atoms with van der Waals surface area (Å²) in [5.41, 5.74) is 1.21. The Hall–Kier alpha value is -1.75. The van der Waals surface area contributed by atoms with Crippen molar-refractivity contribution in [3.8, 4) is 5.75 Å². The fourth-order valence-electron chi connectivity index (χ4n) is 2.88. The lowest BCUT2D eigenvalue weighted by molar-refractivity contribution is 0.223. The van der Waals surface area contributed by atoms with Crippen LogP contribution in [-0.4, -0.2) is 56.7 Å². The van der Waals surface area contributed by atoms with Gasteiger partial charge in [-0.05, 0) is 58.0 Å². The summed E-state index contributed by atoms with van der Waals surface area (Å²) in [6, 6.07) is 8.74. The first kappa shape index (κ1) is 17.6. The largest absolute Gasteiger partial charge is 0.489 e. The van der Waals surface area contributed by atoms with E-state index in [1.165, 1.54) is 24.9 Å². The number of rotatable bonds is 6. The Morgan fingerprint density at radius 3 is 2.91 bits per heavy atom. The average Bonchev–Trinajstić information content (AvgIpc) is 2.93. The van der Waals surface area contributed by atoms with E-state index in [0.717, 1.165) is 18.3 Å². The van der Waals surface area contributed by atoms with Crippen LogP contribution >= 0.6 is 0 Å². The van der Waals surface area contributed by atoms with Crippen LogP contribution < -0.4 is 15.4 Å². The van der Waals surface area contributed by atoms with E-state index in [-0.39, 0.29) is 6.10 Å². The molecule has 0 aliphatic carbocycles. The van der Waals surface area contributed by atoms with Gasteiger partial charge in [-0.25, -0.2) is 0 Å². The molecule has 0 amide bonds. The Bertz CT molecular complexity index is 517. The molecule has 2 rings (SSSR count). The van der Waals surface area contributed by atoms with Gasteiger partial charge in [-0.1, -0.05) is 12.1 Å². The van der Waals surface area contributed by atoms with Crippen LogP contribution in [-0.2, 0) is 0 Å². The van der Waals surface area contributed by atoms with Crippen molar-refractivity contribution < 1.29 is 4.74 Å². The zero-order valence-electron chi connectivity index (χ0n) is 14.8. The van der Waals surface area contributed by atoms with Crippen LogP contribution in [0.2, 0.25) is 0 Å². The maximum Gasteiger partial charge on any atom is 0.191 e. The molecule has 1 saturated heterocycles. The number of likely N-dealkylation sites (N-methyl/N-ethyl adjacent to an activating group) is 1. The topological polar surface area (TPSA) is 48.9 Å². The quantitative estimate of drug-likeness (QED) is 0.622. The number of benzene rings is 1. The van der Waals surface area contributed by atoms with Crippen molar-refractivity contribution in [1.29, 1.82) is 0 Å². The molecule has 1 fully saturated rings. The van der Waals surface area contributed by atoms with Crippen LogP contribution in [0.15, 0.2) is 29.3 Å². The van der Waals surface area contributed by atoms with E-state index in [1.54, 1.807) is 7.05 Å². The number of aliphatic imine (C=N–C) groups is 1. The van der Waals surface area contributed by atoms with Gasteiger partial charge in [0, 0.05) is 19.6 Å². The molecule has 0 bridgehead atoms. The van der Waals surface area contributed by atoms with Crippen molar-refractivity contribution in [3.63, 3.8) is 0 Å². The highest BCUT2D eigenvalue weighted by atomic mass is 16.5. The molecule has 0 aromatic heterocycles. The minimum Gasteiger partial charge on any atom is -0.489 e. The molecule has 5 nitrogen and oxygen atoms in total. The summed E-state index contributed by atoms with van der Waals surface area (Å²) in [7, 11) is 3.99. The summed E-state index contributed by atoms with van der Waals surface area (Å²) < 4.78 is 5.93. The molecule has 5 heteroatoms. The highest BCUT2D eigenvalue weighted by Crippen LogP contribution is 2.14. The molecule has 128 valence electrons. The Kier molecular flexibility index (Phi) is 6.71. The molecule has 0 radical (unpaired) electrons. The normalized spacial score (nSPS) is 20.3. The second-order valence-corrected chi connectivity index (χ2v) is 6.36. The predicted molar refractivity (Wildman–Crippen MR) is 96.3 cm³/mol. The predicted octanol–water partition coefficient (Wildman–Crippen LogP) is 2.02. The van der Waals surface area contributed by atoms with Crippen LogP contribution in [0.25, 0.3) is 0 Å². The second kappa shape index (κ2) is 8.77. The maximum absolute atomic E-state index is 5.93. The molecule has 23 heavy (non-hydrogen) atoms. The van der Waals surface area contributed by atoms with E-state index in [9.17, 15) is 0 Å². The second-order valence-electron chi connectivity index (χ2n) is 6.36. The zero-order valence-corrected chi connectivity index (χ0v) is 14.8. The smallest absolute Gasteiger partial charge is 0.191 e. The molecular weight excluding hydrogens is 288 g/mol. The fraction of sp³-hybridized carbons (Fsp3) is 0.611. The summed E-state index contributed by atoms with van der Waals surface area (Å²) in [6.45, 7) is 6.98. The van der Waals surface area contributed by atoms with Crippen molar-refractivity contribution in [2.75, 3.05) is 33.7 Å². The first-order chi connectivity index (χ1) is 11.1. The minimum absolute atomic E-state index is 0.0736. The number of ether oxygens (including phenoxy) is 1. The Morgan fingerprint density at radius 1 is 1.43 bits per heavy atom. The van der Waals surface area contributed by atoms with Gasteiger partial charge in [0.05, 0.1) is 6.54 Å². The lowest BCUT2D eigenvalue weighted by Gasteiger charge is -2.22. The standard InChI is InChI=1S/C18H30N4O/c1-14-7-5-9-17(11-14)23-15(2)12-20-18(19-3)21-13-16-8-6-10-22(16)4/h5,7,9,11,15-16H,6,8,10,12-13H2,1-4H3,(H2,19,20,21). The third kappa shape index (κ3) is 5.75. The van der Waals surface area contributed by atoms with Gasteiger partial charge in [0.15, 0.2) is 5.96 Å². The lowest BCUT2D eigenvalue weighted by Crippen LogP contribution is -2.46. The van der Waals surface area contributed by atoms with Crippen molar-refractivity contribution >= 4 is 5.96 Å². The Balaban J connectivity index is 1.72. The van der Waals surface area contributed by atoms with Crippen molar-refractivity contribution in [3.05, 3.63) is 29.8 Å². The first-order valence-electron chi connectivity index (χ1n) is 8.46. The lowest BCUT2D eigenvalue weighted by atomic mass is 10.2. The van der Waals surface area contributed by atoms with E-state index in [1.807, 2.05) is 12.1 Å². The molecule has 1 heterocycles.